The fourth-order valence-corrected chi connectivity index (χ4v) is 3.25. The molecule has 41 heavy (non-hydrogen) atoms. The van der Waals surface area contributed by atoms with Crippen LogP contribution in [0.4, 0.5) is 20.3 Å². The highest BCUT2D eigenvalue weighted by atomic mass is 19.3. The van der Waals surface area contributed by atoms with Gasteiger partial charge in [-0.1, -0.05) is 58.4 Å². The number of nitrogens with zero attached hydrogens (tertiary/aromatic N) is 2. The molecule has 0 bridgehead atoms. The van der Waals surface area contributed by atoms with Crippen molar-refractivity contribution in [2.75, 3.05) is 5.32 Å². The number of halogens is 2. The van der Waals surface area contributed by atoms with Gasteiger partial charge in [-0.15, -0.1) is 0 Å². The number of nitrogens with two attached hydrogens (primary N) is 1. The van der Waals surface area contributed by atoms with Gasteiger partial charge in [0.1, 0.15) is 5.82 Å². The monoisotopic (exact) mass is 563 g/mol. The minimum Gasteiger partial charge on any atom is -0.404 e. The van der Waals surface area contributed by atoms with E-state index >= 15 is 0 Å². The lowest BCUT2D eigenvalue weighted by Crippen LogP contribution is -2.10. The number of aryl methyl sites for hydroxylation is 1. The number of benzene rings is 2. The highest BCUT2D eigenvalue weighted by Gasteiger charge is 2.21. The van der Waals surface area contributed by atoms with Crippen LogP contribution in [0.3, 0.4) is 0 Å². The molecule has 0 aliphatic carbocycles. The number of allylic oxidation sites excluding steroid dienone is 2. The topological polar surface area (TPSA) is 105 Å². The van der Waals surface area contributed by atoms with Crippen LogP contribution < -0.4 is 11.1 Å². The van der Waals surface area contributed by atoms with Crippen LogP contribution >= 0.6 is 0 Å². The lowest BCUT2D eigenvalue weighted by Gasteiger charge is -2.09. The summed E-state index contributed by atoms with van der Waals surface area (Å²) in [5.74, 6) is -1.07. The first-order valence-corrected chi connectivity index (χ1v) is 13.8. The number of ketones is 1. The van der Waals surface area contributed by atoms with Gasteiger partial charge in [-0.25, -0.2) is 18.7 Å². The number of carbonyl (C=O) groups is 1. The van der Waals surface area contributed by atoms with E-state index in [0.717, 1.165) is 33.5 Å². The molecule has 0 atom stereocenters. The Bertz CT molecular complexity index is 1330. The number of alkyl halides is 2. The van der Waals surface area contributed by atoms with E-state index in [1.54, 1.807) is 19.2 Å². The largest absolute Gasteiger partial charge is 0.404 e. The van der Waals surface area contributed by atoms with Crippen molar-refractivity contribution in [3.63, 3.8) is 0 Å². The summed E-state index contributed by atoms with van der Waals surface area (Å²) in [7, 11) is 0. The molecule has 220 valence electrons. The molecule has 0 fully saturated rings. The first kappa shape index (κ1) is 34.8. The van der Waals surface area contributed by atoms with Crippen LogP contribution in [0, 0.1) is 12.3 Å². The minimum atomic E-state index is -2.42. The predicted octanol–water partition coefficient (Wildman–Crippen LogP) is 9.00. The molecule has 3 rings (SSSR count). The molecule has 6 nitrogen and oxygen atoms in total. The summed E-state index contributed by atoms with van der Waals surface area (Å²) in [4.78, 5) is 20.5. The maximum absolute atomic E-state index is 11.9. The zero-order valence-electron chi connectivity index (χ0n) is 25.2. The molecule has 8 heteroatoms. The molecule has 0 spiro atoms. The Morgan fingerprint density at radius 1 is 1.02 bits per heavy atom. The van der Waals surface area contributed by atoms with Gasteiger partial charge >= 0.3 is 0 Å². The van der Waals surface area contributed by atoms with Crippen LogP contribution in [0.5, 0.6) is 0 Å². The third kappa shape index (κ3) is 11.8. The van der Waals surface area contributed by atoms with Gasteiger partial charge in [0.25, 0.3) is 0 Å². The van der Waals surface area contributed by atoms with Gasteiger partial charge in [-0.05, 0) is 73.4 Å². The van der Waals surface area contributed by atoms with E-state index in [1.807, 2.05) is 62.4 Å². The molecule has 0 radical (unpaired) electrons. The highest BCUT2D eigenvalue weighted by molar-refractivity contribution is 6.08. The summed E-state index contributed by atoms with van der Waals surface area (Å²) >= 11 is 0. The van der Waals surface area contributed by atoms with E-state index in [2.05, 4.69) is 29.1 Å². The summed E-state index contributed by atoms with van der Waals surface area (Å²) in [6.45, 7) is 12.6. The van der Waals surface area contributed by atoms with Crippen molar-refractivity contribution >= 4 is 35.2 Å². The number of hydrogen-bond donors (Lipinski definition) is 3. The van der Waals surface area contributed by atoms with Gasteiger partial charge in [-0.2, -0.15) is 0 Å². The molecular weight excluding hydrogens is 520 g/mol. The van der Waals surface area contributed by atoms with Crippen molar-refractivity contribution in [1.29, 1.82) is 5.41 Å². The van der Waals surface area contributed by atoms with Crippen molar-refractivity contribution in [3.8, 4) is 11.4 Å². The van der Waals surface area contributed by atoms with E-state index < -0.39 is 5.92 Å². The molecule has 0 unspecified atom stereocenters. The lowest BCUT2D eigenvalue weighted by molar-refractivity contribution is -0.113. The van der Waals surface area contributed by atoms with Crippen LogP contribution in [0.2, 0.25) is 0 Å². The Hall–Kier alpha value is -4.20. The standard InChI is InChI=1S/C25H25N5O.C5H10F2.C3H8/c1-16(18(3)31)12-20-4-5-21(13-17(20)2)25-28-11-10-24(30-25)29-23-8-6-19(7-9-23)22(14-26)15-27;1-3-5(6,7)4-2;1-3-2/h4-15,26H,27H2,1-3H3,(H,28,29,30);3-4H2,1-2H3;3H2,1-2H3/b16-12+,22-15+,26-14?;;. The number of nitrogens with one attached hydrogen (secondary N) is 2. The van der Waals surface area contributed by atoms with Gasteiger partial charge in [0.2, 0.25) is 5.92 Å². The van der Waals surface area contributed by atoms with Crippen molar-refractivity contribution in [1.82, 2.24) is 9.97 Å². The Balaban J connectivity index is 0.000000723. The number of carbonyl (C=O) groups excluding carboxylic acids is 1. The molecule has 4 N–H and O–H groups in total. The average molecular weight is 564 g/mol. The van der Waals surface area contributed by atoms with Gasteiger partial charge < -0.3 is 16.5 Å². The molecule has 1 heterocycles. The maximum atomic E-state index is 11.9. The first-order valence-electron chi connectivity index (χ1n) is 13.8. The summed E-state index contributed by atoms with van der Waals surface area (Å²) in [5, 5.41) is 10.7. The van der Waals surface area contributed by atoms with Gasteiger partial charge in [0, 0.05) is 48.3 Å². The average Bonchev–Trinajstić information content (AvgIpc) is 2.96. The lowest BCUT2D eigenvalue weighted by atomic mass is 10.0. The van der Waals surface area contributed by atoms with Crippen LogP contribution in [0.1, 0.15) is 77.5 Å². The fraction of sp³-hybridized carbons (Fsp3) is 0.333. The second kappa shape index (κ2) is 17.5. The molecule has 0 aliphatic rings. The van der Waals surface area contributed by atoms with E-state index in [0.29, 0.717) is 17.2 Å². The normalized spacial score (nSPS) is 11.4. The number of aromatic nitrogens is 2. The summed E-state index contributed by atoms with van der Waals surface area (Å²) in [6.07, 6.45) is 7.42. The van der Waals surface area contributed by atoms with E-state index in [4.69, 9.17) is 11.1 Å². The summed E-state index contributed by atoms with van der Waals surface area (Å²) in [5.41, 5.74) is 11.6. The fourth-order valence-electron chi connectivity index (χ4n) is 3.25. The van der Waals surface area contributed by atoms with Crippen molar-refractivity contribution in [2.24, 2.45) is 5.73 Å². The Kier molecular flexibility index (Phi) is 14.8. The third-order valence-electron chi connectivity index (χ3n) is 5.97. The molecule has 0 aliphatic heterocycles. The molecular formula is C33H43F2N5O. The molecule has 1 aromatic heterocycles. The predicted molar refractivity (Wildman–Crippen MR) is 169 cm³/mol. The molecule has 0 saturated heterocycles. The van der Waals surface area contributed by atoms with Crippen molar-refractivity contribution in [3.05, 3.63) is 83.2 Å². The van der Waals surface area contributed by atoms with Crippen molar-refractivity contribution in [2.45, 2.75) is 73.7 Å². The zero-order valence-corrected chi connectivity index (χ0v) is 25.2. The second-order valence-electron chi connectivity index (χ2n) is 9.46. The van der Waals surface area contributed by atoms with Gasteiger partial charge in [-0.3, -0.25) is 4.79 Å². The second-order valence-corrected chi connectivity index (χ2v) is 9.46. The summed E-state index contributed by atoms with van der Waals surface area (Å²) in [6, 6.07) is 15.4. The van der Waals surface area contributed by atoms with Crippen LogP contribution in [-0.4, -0.2) is 27.9 Å². The van der Waals surface area contributed by atoms with Crippen LogP contribution in [-0.2, 0) is 4.79 Å². The van der Waals surface area contributed by atoms with Crippen LogP contribution in [0.15, 0.2) is 66.5 Å². The zero-order chi connectivity index (χ0) is 31.0. The minimum absolute atomic E-state index is 0.0382. The van der Waals surface area contributed by atoms with E-state index in [9.17, 15) is 13.6 Å². The number of anilines is 2. The maximum Gasteiger partial charge on any atom is 0.247 e. The van der Waals surface area contributed by atoms with Gasteiger partial charge in [0.05, 0.1) is 0 Å². The van der Waals surface area contributed by atoms with Crippen LogP contribution in [0.25, 0.3) is 23.0 Å². The first-order chi connectivity index (χ1) is 19.4. The quantitative estimate of drug-likeness (QED) is 0.178. The van der Waals surface area contributed by atoms with E-state index in [-0.39, 0.29) is 18.6 Å². The smallest absolute Gasteiger partial charge is 0.247 e. The Labute approximate surface area is 243 Å². The van der Waals surface area contributed by atoms with Gasteiger partial charge in [0.15, 0.2) is 11.6 Å². The summed E-state index contributed by atoms with van der Waals surface area (Å²) < 4.78 is 23.8. The molecule has 3 aromatic rings. The van der Waals surface area contributed by atoms with Crippen molar-refractivity contribution < 1.29 is 13.6 Å². The number of Topliss-reactive ketones (excluding diaryl/α,β-unsaturated/α-hetero) is 1. The SMILES string of the molecule is CC(=O)/C(C)=C/c1ccc(-c2nccc(Nc3ccc(/C(C=N)=C/N)cc3)n2)cc1C.CCC.CCC(F)(F)CC. The number of hydrogen-bond acceptors (Lipinski definition) is 6. The molecule has 0 saturated carbocycles. The highest BCUT2D eigenvalue weighted by Crippen LogP contribution is 2.24. The molecule has 0 amide bonds. The number of rotatable bonds is 9. The molecule has 2 aromatic carbocycles. The Morgan fingerprint density at radius 2 is 1.63 bits per heavy atom. The third-order valence-corrected chi connectivity index (χ3v) is 5.97. The van der Waals surface area contributed by atoms with E-state index in [1.165, 1.54) is 32.7 Å². The Morgan fingerprint density at radius 3 is 2.10 bits per heavy atom.